The molecule has 0 aliphatic carbocycles. The number of rotatable bonds is 8. The molecule has 1 rings (SSSR count). The molecule has 1 aromatic rings. The molecule has 1 aromatic carbocycles. The van der Waals surface area contributed by atoms with Crippen LogP contribution in [0.2, 0.25) is 0 Å². The summed E-state index contributed by atoms with van der Waals surface area (Å²) in [6.07, 6.45) is 0.906. The van der Waals surface area contributed by atoms with Gasteiger partial charge in [-0.15, -0.1) is 0 Å². The minimum absolute atomic E-state index is 0.123. The molecule has 108 valence electrons. The number of benzene rings is 1. The molecule has 0 saturated heterocycles. The van der Waals surface area contributed by atoms with Gasteiger partial charge < -0.3 is 10.1 Å². The lowest BCUT2D eigenvalue weighted by molar-refractivity contribution is 0.110. The third kappa shape index (κ3) is 6.56. The zero-order valence-electron chi connectivity index (χ0n) is 11.4. The average Bonchev–Trinajstić information content (AvgIpc) is 2.32. The molecular formula is C13H22N2O3S. The highest BCUT2D eigenvalue weighted by atomic mass is 32.2. The molecule has 5 nitrogen and oxygen atoms in total. The number of sulfonamides is 1. The van der Waals surface area contributed by atoms with E-state index in [1.165, 1.54) is 12.1 Å². The van der Waals surface area contributed by atoms with Gasteiger partial charge in [0.2, 0.25) is 10.0 Å². The zero-order valence-corrected chi connectivity index (χ0v) is 12.2. The molecule has 0 aliphatic rings. The molecule has 0 unspecified atom stereocenters. The number of hydrogen-bond donors (Lipinski definition) is 2. The van der Waals surface area contributed by atoms with Gasteiger partial charge in [0, 0.05) is 25.4 Å². The summed E-state index contributed by atoms with van der Waals surface area (Å²) in [6.45, 7) is 6.52. The van der Waals surface area contributed by atoms with Gasteiger partial charge in [0.1, 0.15) is 0 Å². The maximum Gasteiger partial charge on any atom is 0.238 e. The second kappa shape index (κ2) is 7.47. The van der Waals surface area contributed by atoms with Crippen molar-refractivity contribution < 1.29 is 13.2 Å². The normalized spacial score (nSPS) is 11.8. The van der Waals surface area contributed by atoms with Crippen LogP contribution in [0, 0.1) is 5.92 Å². The van der Waals surface area contributed by atoms with Gasteiger partial charge in [-0.2, -0.15) is 0 Å². The molecule has 6 heteroatoms. The molecule has 0 aliphatic heterocycles. The Bertz CT molecular complexity index is 469. The Morgan fingerprint density at radius 2 is 1.89 bits per heavy atom. The molecule has 0 fully saturated rings. The van der Waals surface area contributed by atoms with Crippen molar-refractivity contribution >= 4 is 15.7 Å². The van der Waals surface area contributed by atoms with Gasteiger partial charge in [-0.25, -0.2) is 13.6 Å². The molecular weight excluding hydrogens is 264 g/mol. The molecule has 3 N–H and O–H groups in total. The largest absolute Gasteiger partial charge is 0.385 e. The molecule has 0 aromatic heterocycles. The van der Waals surface area contributed by atoms with Crippen molar-refractivity contribution in [1.29, 1.82) is 0 Å². The molecule has 0 spiro atoms. The second-order valence-electron chi connectivity index (χ2n) is 4.82. The second-order valence-corrected chi connectivity index (χ2v) is 6.38. The highest BCUT2D eigenvalue weighted by Gasteiger charge is 2.06. The van der Waals surface area contributed by atoms with Crippen LogP contribution in [0.1, 0.15) is 20.3 Å². The fraction of sp³-hybridized carbons (Fsp3) is 0.538. The van der Waals surface area contributed by atoms with Gasteiger partial charge in [-0.1, -0.05) is 13.8 Å². The Kier molecular flexibility index (Phi) is 6.27. The van der Waals surface area contributed by atoms with Crippen LogP contribution in [0.3, 0.4) is 0 Å². The molecule has 19 heavy (non-hydrogen) atoms. The van der Waals surface area contributed by atoms with Crippen LogP contribution in [-0.4, -0.2) is 28.2 Å². The molecule has 0 saturated carbocycles. The smallest absolute Gasteiger partial charge is 0.238 e. The summed E-state index contributed by atoms with van der Waals surface area (Å²) in [5.41, 5.74) is 0.872. The number of nitrogens with one attached hydrogen (secondary N) is 1. The maximum absolute atomic E-state index is 11.1. The van der Waals surface area contributed by atoms with E-state index in [0.717, 1.165) is 31.9 Å². The summed E-state index contributed by atoms with van der Waals surface area (Å²) < 4.78 is 27.6. The summed E-state index contributed by atoms with van der Waals surface area (Å²) in [5.74, 6) is 0.554. The van der Waals surface area contributed by atoms with Crippen molar-refractivity contribution in [3.63, 3.8) is 0 Å². The predicted octanol–water partition coefficient (Wildman–Crippen LogP) is 1.81. The average molecular weight is 286 g/mol. The van der Waals surface area contributed by atoms with Gasteiger partial charge in [-0.05, 0) is 36.6 Å². The van der Waals surface area contributed by atoms with E-state index in [4.69, 9.17) is 9.88 Å². The van der Waals surface area contributed by atoms with Crippen LogP contribution in [0.5, 0.6) is 0 Å². The fourth-order valence-corrected chi connectivity index (χ4v) is 2.00. The first kappa shape index (κ1) is 15.9. The van der Waals surface area contributed by atoms with Crippen molar-refractivity contribution in [2.45, 2.75) is 25.2 Å². The van der Waals surface area contributed by atoms with E-state index in [-0.39, 0.29) is 4.90 Å². The monoisotopic (exact) mass is 286 g/mol. The summed E-state index contributed by atoms with van der Waals surface area (Å²) >= 11 is 0. The van der Waals surface area contributed by atoms with Crippen molar-refractivity contribution in [3.05, 3.63) is 24.3 Å². The van der Waals surface area contributed by atoms with E-state index in [2.05, 4.69) is 19.2 Å². The van der Waals surface area contributed by atoms with Crippen molar-refractivity contribution in [2.24, 2.45) is 11.1 Å². The maximum atomic E-state index is 11.1. The number of hydrogen-bond acceptors (Lipinski definition) is 4. The van der Waals surface area contributed by atoms with Crippen LogP contribution >= 0.6 is 0 Å². The predicted molar refractivity (Wildman–Crippen MR) is 76.6 cm³/mol. The Morgan fingerprint density at radius 1 is 1.26 bits per heavy atom. The van der Waals surface area contributed by atoms with Gasteiger partial charge in [0.25, 0.3) is 0 Å². The summed E-state index contributed by atoms with van der Waals surface area (Å²) in [7, 11) is -3.61. The van der Waals surface area contributed by atoms with E-state index < -0.39 is 10.0 Å². The van der Waals surface area contributed by atoms with Crippen molar-refractivity contribution in [3.8, 4) is 0 Å². The zero-order chi connectivity index (χ0) is 14.3. The lowest BCUT2D eigenvalue weighted by Crippen LogP contribution is -2.12. The van der Waals surface area contributed by atoms with Crippen LogP contribution in [0.15, 0.2) is 29.2 Å². The highest BCUT2D eigenvalue weighted by Crippen LogP contribution is 2.12. The standard InChI is InChI=1S/C13H22N2O3S/c1-11(2)10-18-9-3-8-15-12-4-6-13(7-5-12)19(14,16)17/h4-7,11,15H,3,8-10H2,1-2H3,(H2,14,16,17). The first-order valence-electron chi connectivity index (χ1n) is 6.34. The third-order valence-electron chi connectivity index (χ3n) is 2.43. The summed E-state index contributed by atoms with van der Waals surface area (Å²) in [4.78, 5) is 0.123. The Morgan fingerprint density at radius 3 is 2.42 bits per heavy atom. The molecule has 0 radical (unpaired) electrons. The van der Waals surface area contributed by atoms with Gasteiger partial charge in [-0.3, -0.25) is 0 Å². The van der Waals surface area contributed by atoms with E-state index in [1.54, 1.807) is 12.1 Å². The molecule has 0 atom stereocenters. The highest BCUT2D eigenvalue weighted by molar-refractivity contribution is 7.89. The summed E-state index contributed by atoms with van der Waals surface area (Å²) in [5, 5.41) is 8.22. The molecule has 0 heterocycles. The number of ether oxygens (including phenoxy) is 1. The minimum Gasteiger partial charge on any atom is -0.385 e. The minimum atomic E-state index is -3.61. The Balaban J connectivity index is 2.27. The Hall–Kier alpha value is -1.11. The quantitative estimate of drug-likeness (QED) is 0.714. The molecule has 0 bridgehead atoms. The van der Waals surface area contributed by atoms with Crippen molar-refractivity contribution in [1.82, 2.24) is 0 Å². The lowest BCUT2D eigenvalue weighted by Gasteiger charge is -2.09. The van der Waals surface area contributed by atoms with E-state index in [1.807, 2.05) is 0 Å². The van der Waals surface area contributed by atoms with E-state index >= 15 is 0 Å². The van der Waals surface area contributed by atoms with Crippen molar-refractivity contribution in [2.75, 3.05) is 25.1 Å². The topological polar surface area (TPSA) is 81.4 Å². The Labute approximate surface area is 115 Å². The fourth-order valence-electron chi connectivity index (χ4n) is 1.49. The van der Waals surface area contributed by atoms with Crippen LogP contribution in [0.4, 0.5) is 5.69 Å². The lowest BCUT2D eigenvalue weighted by atomic mass is 10.2. The van der Waals surface area contributed by atoms with E-state index in [9.17, 15) is 8.42 Å². The number of nitrogens with two attached hydrogens (primary N) is 1. The number of anilines is 1. The first-order valence-corrected chi connectivity index (χ1v) is 7.88. The van der Waals surface area contributed by atoms with E-state index in [0.29, 0.717) is 5.92 Å². The van der Waals surface area contributed by atoms with Crippen LogP contribution in [-0.2, 0) is 14.8 Å². The SMILES string of the molecule is CC(C)COCCCNc1ccc(S(N)(=O)=O)cc1. The third-order valence-corrected chi connectivity index (χ3v) is 3.36. The van der Waals surface area contributed by atoms with Gasteiger partial charge in [0.15, 0.2) is 0 Å². The molecule has 0 amide bonds. The summed E-state index contributed by atoms with van der Waals surface area (Å²) in [6, 6.07) is 6.39. The number of primary sulfonamides is 1. The van der Waals surface area contributed by atoms with Gasteiger partial charge >= 0.3 is 0 Å². The first-order chi connectivity index (χ1) is 8.89. The van der Waals surface area contributed by atoms with Crippen LogP contribution < -0.4 is 10.5 Å². The van der Waals surface area contributed by atoms with Gasteiger partial charge in [0.05, 0.1) is 4.90 Å². The van der Waals surface area contributed by atoms with Crippen LogP contribution in [0.25, 0.3) is 0 Å².